The highest BCUT2D eigenvalue weighted by Crippen LogP contribution is 2.46. The Labute approximate surface area is 150 Å². The van der Waals surface area contributed by atoms with Crippen molar-refractivity contribution in [1.29, 1.82) is 0 Å². The van der Waals surface area contributed by atoms with Crippen molar-refractivity contribution in [2.45, 2.75) is 42.9 Å². The van der Waals surface area contributed by atoms with Gasteiger partial charge in [0.2, 0.25) is 11.8 Å². The van der Waals surface area contributed by atoms with Crippen LogP contribution in [0, 0.1) is 6.92 Å². The highest BCUT2D eigenvalue weighted by molar-refractivity contribution is 7.99. The minimum Gasteiger partial charge on any atom is -0.416 e. The molecule has 4 rings (SSSR count). The lowest BCUT2D eigenvalue weighted by Crippen LogP contribution is -2.49. The van der Waals surface area contributed by atoms with E-state index in [0.717, 1.165) is 19.3 Å². The number of aliphatic hydroxyl groups excluding tert-OH is 1. The van der Waals surface area contributed by atoms with Gasteiger partial charge in [-0.05, 0) is 30.4 Å². The summed E-state index contributed by atoms with van der Waals surface area (Å²) in [6.07, 6.45) is 1.98. The minimum absolute atomic E-state index is 0.0801. The van der Waals surface area contributed by atoms with Gasteiger partial charge >= 0.3 is 0 Å². The molecular formula is C18H21N3O3S. The number of rotatable bonds is 3. The zero-order valence-electron chi connectivity index (χ0n) is 14.1. The number of amides is 1. The number of aliphatic hydroxyl groups is 1. The molecule has 6 nitrogen and oxygen atoms in total. The van der Waals surface area contributed by atoms with Gasteiger partial charge in [0.1, 0.15) is 0 Å². The van der Waals surface area contributed by atoms with Crippen LogP contribution in [0.25, 0.3) is 0 Å². The highest BCUT2D eigenvalue weighted by Gasteiger charge is 2.47. The number of aromatic nitrogens is 2. The van der Waals surface area contributed by atoms with Gasteiger partial charge in [0.25, 0.3) is 5.22 Å². The van der Waals surface area contributed by atoms with Crippen molar-refractivity contribution < 1.29 is 14.3 Å². The first-order valence-corrected chi connectivity index (χ1v) is 9.54. The lowest BCUT2D eigenvalue weighted by atomic mass is 9.72. The van der Waals surface area contributed by atoms with E-state index in [2.05, 4.69) is 22.3 Å². The van der Waals surface area contributed by atoms with Crippen molar-refractivity contribution in [3.63, 3.8) is 0 Å². The number of thioether (sulfide) groups is 1. The summed E-state index contributed by atoms with van der Waals surface area (Å²) < 4.78 is 5.29. The normalized spacial score (nSPS) is 21.5. The van der Waals surface area contributed by atoms with Crippen molar-refractivity contribution in [2.75, 3.05) is 18.8 Å². The van der Waals surface area contributed by atoms with Gasteiger partial charge in [0.15, 0.2) is 0 Å². The molecule has 1 unspecified atom stereocenters. The molecule has 2 aliphatic rings. The van der Waals surface area contributed by atoms with E-state index < -0.39 is 0 Å². The SMILES string of the molecule is Cc1nnc(SCC(=O)N2CCC3(CC2)c2ccccc2CC3O)o1. The zero-order chi connectivity index (χ0) is 17.4. The van der Waals surface area contributed by atoms with Gasteiger partial charge in [-0.3, -0.25) is 4.79 Å². The molecule has 1 saturated heterocycles. The Morgan fingerprint density at radius 1 is 1.36 bits per heavy atom. The van der Waals surface area contributed by atoms with Crippen LogP contribution in [0.2, 0.25) is 0 Å². The van der Waals surface area contributed by atoms with Crippen LogP contribution in [0.3, 0.4) is 0 Å². The summed E-state index contributed by atoms with van der Waals surface area (Å²) in [5, 5.41) is 18.8. The Morgan fingerprint density at radius 2 is 2.12 bits per heavy atom. The molecule has 1 N–H and O–H groups in total. The Kier molecular flexibility index (Phi) is 4.29. The Hall–Kier alpha value is -1.86. The summed E-state index contributed by atoms with van der Waals surface area (Å²) in [6.45, 7) is 3.08. The summed E-state index contributed by atoms with van der Waals surface area (Å²) in [7, 11) is 0. The number of piperidine rings is 1. The van der Waals surface area contributed by atoms with Crippen LogP contribution in [0.1, 0.15) is 29.9 Å². The lowest BCUT2D eigenvalue weighted by Gasteiger charge is -2.42. The maximum absolute atomic E-state index is 12.5. The average molecular weight is 359 g/mol. The molecule has 1 amide bonds. The molecule has 7 heteroatoms. The summed E-state index contributed by atoms with van der Waals surface area (Å²) in [4.78, 5) is 14.3. The van der Waals surface area contributed by atoms with Crippen LogP contribution in [0.5, 0.6) is 0 Å². The molecule has 2 aromatic rings. The van der Waals surface area contributed by atoms with Crippen LogP contribution >= 0.6 is 11.8 Å². The highest BCUT2D eigenvalue weighted by atomic mass is 32.2. The van der Waals surface area contributed by atoms with E-state index in [1.54, 1.807) is 6.92 Å². The molecule has 132 valence electrons. The first-order chi connectivity index (χ1) is 12.1. The number of benzene rings is 1. The molecule has 1 atom stereocenters. The first-order valence-electron chi connectivity index (χ1n) is 8.56. The van der Waals surface area contributed by atoms with Crippen molar-refractivity contribution in [3.05, 3.63) is 41.3 Å². The zero-order valence-corrected chi connectivity index (χ0v) is 15.0. The standard InChI is InChI=1S/C18H21N3O3S/c1-12-19-20-17(24-12)25-11-16(23)21-8-6-18(7-9-21)14-5-3-2-4-13(14)10-15(18)22/h2-5,15,22H,6-11H2,1H3. The van der Waals surface area contributed by atoms with Gasteiger partial charge in [-0.2, -0.15) is 0 Å². The molecule has 2 heterocycles. The fourth-order valence-electron chi connectivity index (χ4n) is 4.08. The molecule has 1 aliphatic carbocycles. The Balaban J connectivity index is 1.39. The quantitative estimate of drug-likeness (QED) is 0.844. The number of carbonyl (C=O) groups is 1. The maximum atomic E-state index is 12.5. The van der Waals surface area contributed by atoms with Crippen molar-refractivity contribution >= 4 is 17.7 Å². The van der Waals surface area contributed by atoms with E-state index in [1.807, 2.05) is 17.0 Å². The third-order valence-corrected chi connectivity index (χ3v) is 6.24. The number of carbonyl (C=O) groups excluding carboxylic acids is 1. The summed E-state index contributed by atoms with van der Waals surface area (Å²) in [6, 6.07) is 8.31. The van der Waals surface area contributed by atoms with E-state index in [9.17, 15) is 9.90 Å². The predicted octanol–water partition coefficient (Wildman–Crippen LogP) is 1.95. The topological polar surface area (TPSA) is 79.5 Å². The predicted molar refractivity (Wildman–Crippen MR) is 93.4 cm³/mol. The van der Waals surface area contributed by atoms with Crippen LogP contribution in [0.4, 0.5) is 0 Å². The monoisotopic (exact) mass is 359 g/mol. The number of hydrogen-bond acceptors (Lipinski definition) is 6. The number of nitrogens with zero attached hydrogens (tertiary/aromatic N) is 3. The van der Waals surface area contributed by atoms with Crippen molar-refractivity contribution in [1.82, 2.24) is 15.1 Å². The molecule has 1 fully saturated rings. The van der Waals surface area contributed by atoms with E-state index in [0.29, 0.717) is 30.0 Å². The maximum Gasteiger partial charge on any atom is 0.277 e. The fourth-order valence-corrected chi connectivity index (χ4v) is 4.78. The Bertz CT molecular complexity index is 783. The van der Waals surface area contributed by atoms with Crippen LogP contribution in [-0.4, -0.2) is 51.1 Å². The van der Waals surface area contributed by atoms with Gasteiger partial charge < -0.3 is 14.4 Å². The van der Waals surface area contributed by atoms with E-state index in [4.69, 9.17) is 4.42 Å². The average Bonchev–Trinajstić information content (AvgIpc) is 3.16. The van der Waals surface area contributed by atoms with Crippen LogP contribution in [-0.2, 0) is 16.6 Å². The summed E-state index contributed by atoms with van der Waals surface area (Å²) in [5.74, 6) is 0.883. The van der Waals surface area contributed by atoms with Crippen LogP contribution < -0.4 is 0 Å². The van der Waals surface area contributed by atoms with E-state index in [1.165, 1.54) is 22.9 Å². The Morgan fingerprint density at radius 3 is 2.84 bits per heavy atom. The second kappa shape index (κ2) is 6.46. The third kappa shape index (κ3) is 2.95. The molecule has 0 bridgehead atoms. The van der Waals surface area contributed by atoms with E-state index in [-0.39, 0.29) is 17.4 Å². The van der Waals surface area contributed by atoms with Crippen molar-refractivity contribution in [2.24, 2.45) is 0 Å². The molecular weight excluding hydrogens is 338 g/mol. The van der Waals surface area contributed by atoms with Gasteiger partial charge in [-0.15, -0.1) is 10.2 Å². The summed E-state index contributed by atoms with van der Waals surface area (Å²) in [5.41, 5.74) is 2.33. The molecule has 1 spiro atoms. The fraction of sp³-hybridized carbons (Fsp3) is 0.500. The second-order valence-corrected chi connectivity index (χ2v) is 7.72. The summed E-state index contributed by atoms with van der Waals surface area (Å²) >= 11 is 1.28. The van der Waals surface area contributed by atoms with Gasteiger partial charge in [-0.25, -0.2) is 0 Å². The minimum atomic E-state index is -0.349. The van der Waals surface area contributed by atoms with Gasteiger partial charge in [-0.1, -0.05) is 36.0 Å². The molecule has 1 aliphatic heterocycles. The molecule has 1 aromatic heterocycles. The van der Waals surface area contributed by atoms with Gasteiger partial charge in [0.05, 0.1) is 11.9 Å². The number of fused-ring (bicyclic) bond motifs is 2. The largest absolute Gasteiger partial charge is 0.416 e. The second-order valence-electron chi connectivity index (χ2n) is 6.79. The third-order valence-electron chi connectivity index (χ3n) is 5.44. The van der Waals surface area contributed by atoms with Gasteiger partial charge in [0, 0.05) is 25.4 Å². The van der Waals surface area contributed by atoms with Crippen molar-refractivity contribution in [3.8, 4) is 0 Å². The number of hydrogen-bond donors (Lipinski definition) is 1. The first kappa shape index (κ1) is 16.6. The lowest BCUT2D eigenvalue weighted by molar-refractivity contribution is -0.130. The molecule has 1 aromatic carbocycles. The number of aryl methyl sites for hydroxylation is 1. The smallest absolute Gasteiger partial charge is 0.277 e. The molecule has 0 radical (unpaired) electrons. The molecule has 25 heavy (non-hydrogen) atoms. The van der Waals surface area contributed by atoms with E-state index >= 15 is 0 Å². The molecule has 0 saturated carbocycles. The van der Waals surface area contributed by atoms with Crippen LogP contribution in [0.15, 0.2) is 33.9 Å². The number of likely N-dealkylation sites (tertiary alicyclic amines) is 1.